The van der Waals surface area contributed by atoms with Crippen molar-refractivity contribution in [3.05, 3.63) is 95.1 Å². The number of esters is 2. The second kappa shape index (κ2) is 12.5. The maximum Gasteiger partial charge on any atom is 0.470 e. The summed E-state index contributed by atoms with van der Waals surface area (Å²) in [6.07, 6.45) is 0. The first kappa shape index (κ1) is 30.9. The molecule has 0 aliphatic carbocycles. The predicted molar refractivity (Wildman–Crippen MR) is 146 cm³/mol. The van der Waals surface area contributed by atoms with Crippen molar-refractivity contribution in [1.29, 1.82) is 0 Å². The van der Waals surface area contributed by atoms with Crippen LogP contribution in [0.3, 0.4) is 0 Å². The number of hydrogen-bond acceptors (Lipinski definition) is 6. The highest BCUT2D eigenvalue weighted by Gasteiger charge is 2.24. The van der Waals surface area contributed by atoms with Gasteiger partial charge in [-0.05, 0) is 74.6 Å². The van der Waals surface area contributed by atoms with Gasteiger partial charge in [-0.2, -0.15) is 0 Å². The van der Waals surface area contributed by atoms with Crippen LogP contribution >= 0.6 is 7.82 Å². The molecule has 0 aliphatic heterocycles. The zero-order chi connectivity index (χ0) is 28.7. The van der Waals surface area contributed by atoms with Crippen molar-refractivity contribution < 1.29 is 37.9 Å². The molecule has 38 heavy (non-hydrogen) atoms. The van der Waals surface area contributed by atoms with Gasteiger partial charge in [0, 0.05) is 0 Å². The molecule has 0 spiro atoms. The summed E-state index contributed by atoms with van der Waals surface area (Å²) in [5.74, 6) is -0.536. The predicted octanol–water partition coefficient (Wildman–Crippen LogP) is 6.63. The lowest BCUT2D eigenvalue weighted by Gasteiger charge is -2.22. The largest absolute Gasteiger partial charge is 0.470 e. The molecule has 3 aromatic carbocycles. The van der Waals surface area contributed by atoms with Gasteiger partial charge >= 0.3 is 19.8 Å². The third-order valence-electron chi connectivity index (χ3n) is 4.92. The minimum atomic E-state index is -4.29. The van der Waals surface area contributed by atoms with Crippen LogP contribution in [0.4, 0.5) is 0 Å². The van der Waals surface area contributed by atoms with Gasteiger partial charge in [-0.3, -0.25) is 4.52 Å². The molecule has 0 heterocycles. The topological polar surface area (TPSA) is 119 Å². The van der Waals surface area contributed by atoms with Crippen LogP contribution in [0.15, 0.2) is 72.8 Å². The Bertz CT molecular complexity index is 1280. The van der Waals surface area contributed by atoms with E-state index in [1.165, 1.54) is 0 Å². The molecule has 3 rings (SSSR count). The van der Waals surface area contributed by atoms with Crippen molar-refractivity contribution in [2.24, 2.45) is 0 Å². The molecule has 8 nitrogen and oxygen atoms in total. The first-order valence-corrected chi connectivity index (χ1v) is 13.5. The molecule has 0 radical (unpaired) electrons. The number of aryl methyl sites for hydroxylation is 1. The maximum atomic E-state index is 12.6. The molecular weight excluding hydrogens is 507 g/mol. The Morgan fingerprint density at radius 3 is 1.55 bits per heavy atom. The molecular formula is C29H35O8P. The van der Waals surface area contributed by atoms with E-state index >= 15 is 0 Å². The smallest absolute Gasteiger partial charge is 0.419 e. The van der Waals surface area contributed by atoms with Crippen LogP contribution in [0.5, 0.6) is 11.5 Å². The lowest BCUT2D eigenvalue weighted by Crippen LogP contribution is -2.16. The van der Waals surface area contributed by atoms with Crippen LogP contribution in [0.25, 0.3) is 0 Å². The van der Waals surface area contributed by atoms with E-state index in [4.69, 9.17) is 19.3 Å². The summed E-state index contributed by atoms with van der Waals surface area (Å²) in [5, 5.41) is 0. The molecule has 0 saturated carbocycles. The number of phosphoric acid groups is 1. The highest BCUT2D eigenvalue weighted by molar-refractivity contribution is 7.46. The molecule has 2 N–H and O–H groups in total. The molecule has 0 aromatic heterocycles. The Hall–Kier alpha value is -3.29. The van der Waals surface area contributed by atoms with Crippen LogP contribution in [0, 0.1) is 6.92 Å². The maximum absolute atomic E-state index is 12.6. The summed E-state index contributed by atoms with van der Waals surface area (Å²) in [5.41, 5.74) is 1.60. The molecule has 204 valence electrons. The summed E-state index contributed by atoms with van der Waals surface area (Å²) in [4.78, 5) is 41.7. The minimum absolute atomic E-state index is 0.166. The van der Waals surface area contributed by atoms with E-state index in [1.807, 2.05) is 25.1 Å². The average Bonchev–Trinajstić information content (AvgIpc) is 2.79. The third-order valence-corrected chi connectivity index (χ3v) is 5.70. The van der Waals surface area contributed by atoms with Gasteiger partial charge in [-0.15, -0.1) is 0 Å². The fraction of sp³-hybridized carbons (Fsp3) is 0.310. The van der Waals surface area contributed by atoms with Gasteiger partial charge in [-0.25, -0.2) is 14.2 Å². The SMILES string of the molecule is CC(C)(C)OP(=O)(O)O.Cc1cc(C(C)(C)C)cc(OC(=O)c2ccccc2)c1OC(=O)c1ccccc1. The Morgan fingerprint density at radius 2 is 1.18 bits per heavy atom. The van der Waals surface area contributed by atoms with Gasteiger partial charge in [0.2, 0.25) is 0 Å². The van der Waals surface area contributed by atoms with Crippen molar-refractivity contribution >= 4 is 19.8 Å². The molecule has 0 amide bonds. The molecule has 0 bridgehead atoms. The van der Waals surface area contributed by atoms with Gasteiger partial charge < -0.3 is 19.3 Å². The van der Waals surface area contributed by atoms with Gasteiger partial charge in [0.05, 0.1) is 16.7 Å². The quantitative estimate of drug-likeness (QED) is 0.210. The Kier molecular flexibility index (Phi) is 10.2. The Balaban J connectivity index is 0.000000484. The Labute approximate surface area is 223 Å². The molecule has 9 heteroatoms. The lowest BCUT2D eigenvalue weighted by molar-refractivity contribution is 0.0681. The molecule has 0 fully saturated rings. The number of ether oxygens (including phenoxy) is 2. The molecule has 0 atom stereocenters. The average molecular weight is 543 g/mol. The number of hydrogen-bond donors (Lipinski definition) is 2. The van der Waals surface area contributed by atoms with E-state index in [0.717, 1.165) is 11.1 Å². The van der Waals surface area contributed by atoms with Gasteiger partial charge in [0.1, 0.15) is 0 Å². The van der Waals surface area contributed by atoms with Crippen LogP contribution in [0.2, 0.25) is 0 Å². The highest BCUT2D eigenvalue weighted by atomic mass is 31.2. The third kappa shape index (κ3) is 10.2. The number of benzene rings is 3. The van der Waals surface area contributed by atoms with Gasteiger partial charge in [-0.1, -0.05) is 63.2 Å². The fourth-order valence-electron chi connectivity index (χ4n) is 3.20. The van der Waals surface area contributed by atoms with Crippen LogP contribution < -0.4 is 9.47 Å². The van der Waals surface area contributed by atoms with Crippen LogP contribution in [-0.4, -0.2) is 27.3 Å². The second-order valence-electron chi connectivity index (χ2n) is 10.6. The van der Waals surface area contributed by atoms with E-state index in [9.17, 15) is 14.2 Å². The summed E-state index contributed by atoms with van der Waals surface area (Å²) < 4.78 is 25.7. The first-order chi connectivity index (χ1) is 17.5. The van der Waals surface area contributed by atoms with Crippen molar-refractivity contribution in [2.75, 3.05) is 0 Å². The monoisotopic (exact) mass is 542 g/mol. The van der Waals surface area contributed by atoms with Crippen molar-refractivity contribution in [3.63, 3.8) is 0 Å². The molecule has 0 saturated heterocycles. The zero-order valence-electron chi connectivity index (χ0n) is 22.7. The summed E-state index contributed by atoms with van der Waals surface area (Å²) in [6.45, 7) is 12.8. The van der Waals surface area contributed by atoms with Gasteiger partial charge in [0.15, 0.2) is 11.5 Å². The van der Waals surface area contributed by atoms with E-state index in [0.29, 0.717) is 11.1 Å². The van der Waals surface area contributed by atoms with Crippen molar-refractivity contribution in [2.45, 2.75) is 59.5 Å². The number of carbonyl (C=O) groups is 2. The molecule has 0 unspecified atom stereocenters. The van der Waals surface area contributed by atoms with Crippen LogP contribution in [0.1, 0.15) is 73.4 Å². The fourth-order valence-corrected chi connectivity index (χ4v) is 3.91. The Morgan fingerprint density at radius 1 is 0.737 bits per heavy atom. The summed E-state index contributed by atoms with van der Waals surface area (Å²) in [7, 11) is -4.29. The molecule has 3 aromatic rings. The summed E-state index contributed by atoms with van der Waals surface area (Å²) >= 11 is 0. The number of rotatable bonds is 5. The normalized spacial score (nSPS) is 11.7. The standard InChI is InChI=1S/C25H24O4.C4H11O4P/c1-17-15-20(25(2,3)4)16-21(28-23(26)18-11-7-5-8-12-18)22(17)29-24(27)19-13-9-6-10-14-19;1-4(2,3)8-9(5,6)7/h5-16H,1-4H3;1-3H3,(H2,5,6,7). The van der Waals surface area contributed by atoms with E-state index in [1.54, 1.807) is 75.4 Å². The first-order valence-electron chi connectivity index (χ1n) is 11.9. The minimum Gasteiger partial charge on any atom is -0.419 e. The number of carbonyl (C=O) groups excluding carboxylic acids is 2. The van der Waals surface area contributed by atoms with Crippen molar-refractivity contribution in [3.8, 4) is 11.5 Å². The molecule has 0 aliphatic rings. The van der Waals surface area contributed by atoms with Crippen LogP contribution in [-0.2, 0) is 14.5 Å². The van der Waals surface area contributed by atoms with Crippen molar-refractivity contribution in [1.82, 2.24) is 0 Å². The number of phosphoric ester groups is 1. The lowest BCUT2D eigenvalue weighted by atomic mass is 9.86. The highest BCUT2D eigenvalue weighted by Crippen LogP contribution is 2.41. The van der Waals surface area contributed by atoms with E-state index in [-0.39, 0.29) is 16.9 Å². The van der Waals surface area contributed by atoms with E-state index < -0.39 is 25.4 Å². The van der Waals surface area contributed by atoms with Gasteiger partial charge in [0.25, 0.3) is 0 Å². The summed E-state index contributed by atoms with van der Waals surface area (Å²) in [6, 6.07) is 21.2. The second-order valence-corrected chi connectivity index (χ2v) is 11.7. The van der Waals surface area contributed by atoms with E-state index in [2.05, 4.69) is 25.3 Å². The zero-order valence-corrected chi connectivity index (χ0v) is 23.6.